The Labute approximate surface area is 107 Å². The number of piperidine rings is 1. The van der Waals surface area contributed by atoms with Crippen molar-refractivity contribution in [1.29, 1.82) is 0 Å². The highest BCUT2D eigenvalue weighted by molar-refractivity contribution is 14.1. The number of benzene rings is 1. The molecule has 0 unspecified atom stereocenters. The van der Waals surface area contributed by atoms with Gasteiger partial charge in [-0.2, -0.15) is 0 Å². The second-order valence-corrected chi connectivity index (χ2v) is 5.60. The third kappa shape index (κ3) is 2.31. The van der Waals surface area contributed by atoms with Crippen molar-refractivity contribution in [3.63, 3.8) is 0 Å². The number of rotatable bonds is 1. The molecule has 1 aromatic rings. The molecule has 0 aliphatic carbocycles. The van der Waals surface area contributed by atoms with E-state index in [1.807, 2.05) is 0 Å². The van der Waals surface area contributed by atoms with Gasteiger partial charge in [0.05, 0.1) is 0 Å². The van der Waals surface area contributed by atoms with Gasteiger partial charge < -0.3 is 5.32 Å². The summed E-state index contributed by atoms with van der Waals surface area (Å²) in [5, 5.41) is 3.57. The van der Waals surface area contributed by atoms with Crippen LogP contribution in [0.4, 0.5) is 0 Å². The minimum Gasteiger partial charge on any atom is -0.310 e. The lowest BCUT2D eigenvalue weighted by molar-refractivity contribution is 0.411. The molecule has 0 radical (unpaired) electrons. The Balaban J connectivity index is 2.26. The molecular formula is C11H13BrIN. The molecule has 1 aromatic carbocycles. The molecule has 0 aromatic heterocycles. The second-order valence-electron chi connectivity index (χ2n) is 3.65. The summed E-state index contributed by atoms with van der Waals surface area (Å²) in [6, 6.07) is 7.04. The Morgan fingerprint density at radius 2 is 2.21 bits per heavy atom. The first kappa shape index (κ1) is 10.9. The van der Waals surface area contributed by atoms with Crippen molar-refractivity contribution in [2.45, 2.75) is 25.3 Å². The van der Waals surface area contributed by atoms with Crippen LogP contribution in [0.25, 0.3) is 0 Å². The summed E-state index contributed by atoms with van der Waals surface area (Å²) in [7, 11) is 0. The van der Waals surface area contributed by atoms with E-state index in [1.54, 1.807) is 0 Å². The Kier molecular flexibility index (Phi) is 3.85. The maximum atomic E-state index is 3.67. The number of nitrogens with one attached hydrogen (secondary N) is 1. The van der Waals surface area contributed by atoms with Gasteiger partial charge in [0.2, 0.25) is 0 Å². The third-order valence-electron chi connectivity index (χ3n) is 2.67. The summed E-state index contributed by atoms with van der Waals surface area (Å²) in [5.74, 6) is 0. The van der Waals surface area contributed by atoms with Crippen molar-refractivity contribution in [1.82, 2.24) is 5.32 Å². The first-order chi connectivity index (χ1) is 6.79. The number of hydrogen-bond acceptors (Lipinski definition) is 1. The highest BCUT2D eigenvalue weighted by Crippen LogP contribution is 2.31. The van der Waals surface area contributed by atoms with Gasteiger partial charge in [-0.25, -0.2) is 0 Å². The average molecular weight is 366 g/mol. The first-order valence-corrected chi connectivity index (χ1v) is 6.83. The molecule has 0 bridgehead atoms. The van der Waals surface area contributed by atoms with Gasteiger partial charge in [0, 0.05) is 14.1 Å². The van der Waals surface area contributed by atoms with Crippen LogP contribution >= 0.6 is 38.5 Å². The first-order valence-electron chi connectivity index (χ1n) is 4.96. The van der Waals surface area contributed by atoms with Gasteiger partial charge in [0.15, 0.2) is 0 Å². The van der Waals surface area contributed by atoms with Crippen molar-refractivity contribution in [2.24, 2.45) is 0 Å². The zero-order chi connectivity index (χ0) is 9.97. The molecule has 1 aliphatic heterocycles. The van der Waals surface area contributed by atoms with Crippen LogP contribution in [-0.4, -0.2) is 6.54 Å². The molecule has 1 heterocycles. The molecule has 3 heteroatoms. The van der Waals surface area contributed by atoms with E-state index in [0.29, 0.717) is 6.04 Å². The van der Waals surface area contributed by atoms with Gasteiger partial charge in [0.1, 0.15) is 0 Å². The van der Waals surface area contributed by atoms with Crippen LogP contribution in [0.1, 0.15) is 30.9 Å². The zero-order valence-electron chi connectivity index (χ0n) is 7.89. The van der Waals surface area contributed by atoms with Gasteiger partial charge in [0.25, 0.3) is 0 Å². The SMILES string of the molecule is Brc1c(I)cccc1[C@@H]1CCCCN1. The van der Waals surface area contributed by atoms with E-state index in [-0.39, 0.29) is 0 Å². The van der Waals surface area contributed by atoms with Crippen LogP contribution in [0.5, 0.6) is 0 Å². The summed E-state index contributed by atoms with van der Waals surface area (Å²) in [6.45, 7) is 1.16. The van der Waals surface area contributed by atoms with Crippen molar-refractivity contribution in [3.05, 3.63) is 31.8 Å². The molecule has 14 heavy (non-hydrogen) atoms. The van der Waals surface area contributed by atoms with Crippen LogP contribution < -0.4 is 5.32 Å². The molecule has 1 fully saturated rings. The highest BCUT2D eigenvalue weighted by Gasteiger charge is 2.17. The highest BCUT2D eigenvalue weighted by atomic mass is 127. The predicted octanol–water partition coefficient (Wildman–Crippen LogP) is 3.87. The van der Waals surface area contributed by atoms with E-state index in [0.717, 1.165) is 6.54 Å². The third-order valence-corrected chi connectivity index (χ3v) is 5.19. The molecule has 0 spiro atoms. The van der Waals surface area contributed by atoms with Crippen LogP contribution in [0.15, 0.2) is 22.7 Å². The fourth-order valence-electron chi connectivity index (χ4n) is 1.91. The maximum Gasteiger partial charge on any atom is 0.0356 e. The minimum absolute atomic E-state index is 0.549. The summed E-state index contributed by atoms with van der Waals surface area (Å²) < 4.78 is 2.56. The zero-order valence-corrected chi connectivity index (χ0v) is 11.6. The average Bonchev–Trinajstić information content (AvgIpc) is 2.23. The second kappa shape index (κ2) is 4.94. The lowest BCUT2D eigenvalue weighted by Crippen LogP contribution is -2.27. The lowest BCUT2D eigenvalue weighted by Gasteiger charge is -2.25. The number of hydrogen-bond donors (Lipinski definition) is 1. The van der Waals surface area contributed by atoms with Gasteiger partial charge in [-0.1, -0.05) is 18.6 Å². The Morgan fingerprint density at radius 3 is 2.93 bits per heavy atom. The van der Waals surface area contributed by atoms with E-state index >= 15 is 0 Å². The van der Waals surface area contributed by atoms with E-state index in [4.69, 9.17) is 0 Å². The van der Waals surface area contributed by atoms with E-state index in [1.165, 1.54) is 32.9 Å². The van der Waals surface area contributed by atoms with Crippen LogP contribution in [0, 0.1) is 3.57 Å². The molecule has 0 amide bonds. The van der Waals surface area contributed by atoms with E-state index in [9.17, 15) is 0 Å². The largest absolute Gasteiger partial charge is 0.310 e. The van der Waals surface area contributed by atoms with E-state index < -0.39 is 0 Å². The van der Waals surface area contributed by atoms with Crippen molar-refractivity contribution < 1.29 is 0 Å². The lowest BCUT2D eigenvalue weighted by atomic mass is 9.98. The molecule has 1 aliphatic rings. The summed E-state index contributed by atoms with van der Waals surface area (Å²) in [6.07, 6.45) is 3.92. The van der Waals surface area contributed by atoms with Crippen LogP contribution in [0.3, 0.4) is 0 Å². The molecule has 1 nitrogen and oxygen atoms in total. The van der Waals surface area contributed by atoms with Crippen LogP contribution in [-0.2, 0) is 0 Å². The van der Waals surface area contributed by atoms with E-state index in [2.05, 4.69) is 62.0 Å². The molecule has 76 valence electrons. The Hall–Kier alpha value is 0.390. The molecule has 1 atom stereocenters. The van der Waals surface area contributed by atoms with Crippen molar-refractivity contribution in [2.75, 3.05) is 6.54 Å². The topological polar surface area (TPSA) is 12.0 Å². The van der Waals surface area contributed by atoms with Gasteiger partial charge >= 0.3 is 0 Å². The van der Waals surface area contributed by atoms with Gasteiger partial charge in [-0.15, -0.1) is 0 Å². The predicted molar refractivity (Wildman–Crippen MR) is 71.5 cm³/mol. The minimum atomic E-state index is 0.549. The Morgan fingerprint density at radius 1 is 1.36 bits per heavy atom. The quantitative estimate of drug-likeness (QED) is 0.745. The molecule has 2 rings (SSSR count). The van der Waals surface area contributed by atoms with Crippen LogP contribution in [0.2, 0.25) is 0 Å². The fraction of sp³-hybridized carbons (Fsp3) is 0.455. The summed E-state index contributed by atoms with van der Waals surface area (Å²) >= 11 is 6.04. The monoisotopic (exact) mass is 365 g/mol. The summed E-state index contributed by atoms with van der Waals surface area (Å²) in [4.78, 5) is 0. The Bertz CT molecular complexity index is 321. The van der Waals surface area contributed by atoms with Gasteiger partial charge in [-0.3, -0.25) is 0 Å². The smallest absolute Gasteiger partial charge is 0.0356 e. The maximum absolute atomic E-state index is 3.67. The number of halogens is 2. The molecule has 1 saturated heterocycles. The summed E-state index contributed by atoms with van der Waals surface area (Å²) in [5.41, 5.74) is 1.41. The standard InChI is InChI=1S/C11H13BrIN/c12-11-8(4-3-5-9(11)13)10-6-1-2-7-14-10/h3-5,10,14H,1-2,6-7H2/t10-/m0/s1. The molecule has 0 saturated carbocycles. The molecular weight excluding hydrogens is 353 g/mol. The van der Waals surface area contributed by atoms with Crippen molar-refractivity contribution in [3.8, 4) is 0 Å². The normalized spacial score (nSPS) is 22.3. The van der Waals surface area contributed by atoms with Crippen molar-refractivity contribution >= 4 is 38.5 Å². The van der Waals surface area contributed by atoms with Gasteiger partial charge in [-0.05, 0) is 69.5 Å². The molecule has 1 N–H and O–H groups in total. The fourth-order valence-corrected chi connectivity index (χ4v) is 2.97.